The van der Waals surface area contributed by atoms with Crippen LogP contribution in [0.25, 0.3) is 0 Å². The van der Waals surface area contributed by atoms with Gasteiger partial charge in [-0.1, -0.05) is 134 Å². The molecule has 0 bridgehead atoms. The number of aromatic carboxylic acids is 2. The third kappa shape index (κ3) is 4.61. The van der Waals surface area contributed by atoms with Gasteiger partial charge < -0.3 is 10.2 Å². The maximum Gasteiger partial charge on any atom is 0.335 e. The Bertz CT molecular complexity index is 1450. The van der Waals surface area contributed by atoms with Crippen molar-refractivity contribution in [3.8, 4) is 0 Å². The molecular weight excluding hydrogens is 529 g/mol. The Balaban J connectivity index is 1.90. The summed E-state index contributed by atoms with van der Waals surface area (Å²) in [5.41, 5.74) is 0.319. The number of carboxylic acids is 2. The molecule has 0 aliphatic rings. The average Bonchev–Trinajstić information content (AvgIpc) is 3.01. The van der Waals surface area contributed by atoms with Gasteiger partial charge in [0.25, 0.3) is 0 Å². The van der Waals surface area contributed by atoms with E-state index in [9.17, 15) is 19.8 Å². The van der Waals surface area contributed by atoms with Crippen LogP contribution >= 0.6 is 0 Å². The molecule has 0 atom stereocenters. The summed E-state index contributed by atoms with van der Waals surface area (Å²) in [6, 6.07) is 42.8. The van der Waals surface area contributed by atoms with E-state index >= 15 is 0 Å². The van der Waals surface area contributed by atoms with Crippen molar-refractivity contribution in [1.29, 1.82) is 0 Å². The van der Waals surface area contributed by atoms with Gasteiger partial charge in [-0.2, -0.15) is 0 Å². The van der Waals surface area contributed by atoms with Gasteiger partial charge in [-0.25, -0.2) is 9.59 Å². The van der Waals surface area contributed by atoms with Crippen molar-refractivity contribution in [3.63, 3.8) is 0 Å². The van der Waals surface area contributed by atoms with Crippen LogP contribution in [0.2, 0.25) is 13.1 Å². The Kier molecular flexibility index (Phi) is 7.39. The number of hydrogen-bond donors (Lipinski definition) is 2. The minimum absolute atomic E-state index is 0.160. The average molecular weight is 559 g/mol. The highest BCUT2D eigenvalue weighted by Crippen LogP contribution is 2.17. The Morgan fingerprint density at radius 1 is 0.450 bits per heavy atom. The lowest BCUT2D eigenvalue weighted by atomic mass is 10.1. The molecule has 0 amide bonds. The summed E-state index contributed by atoms with van der Waals surface area (Å²) in [6.45, 7) is 4.21. The molecule has 5 aromatic carbocycles. The predicted molar refractivity (Wildman–Crippen MR) is 167 cm³/mol. The first-order valence-corrected chi connectivity index (χ1v) is 18.2. The molecule has 2 N–H and O–H groups in total. The van der Waals surface area contributed by atoms with Crippen LogP contribution in [-0.4, -0.2) is 38.3 Å². The quantitative estimate of drug-likeness (QED) is 0.227. The standard InChI is InChI=1S/C34H30O4Si2/c1-39(25-15-7-3-8-16-25,26-17-9-4-10-18-26)31-23-30(34(37)38)32(24-29(31)33(35)36)40(2,27-19-11-5-12-20-27)28-21-13-6-14-22-28/h3-24H,1-2H3,(H,35,36)(H,37,38). The van der Waals surface area contributed by atoms with Gasteiger partial charge >= 0.3 is 11.9 Å². The van der Waals surface area contributed by atoms with Crippen LogP contribution in [0.3, 0.4) is 0 Å². The van der Waals surface area contributed by atoms with Gasteiger partial charge in [0.1, 0.15) is 16.1 Å². The maximum absolute atomic E-state index is 13.1. The first-order valence-electron chi connectivity index (χ1n) is 13.2. The van der Waals surface area contributed by atoms with Crippen LogP contribution in [0.1, 0.15) is 20.7 Å². The monoisotopic (exact) mass is 558 g/mol. The Morgan fingerprint density at radius 3 is 0.875 bits per heavy atom. The van der Waals surface area contributed by atoms with Crippen LogP contribution in [0.4, 0.5) is 0 Å². The highest BCUT2D eigenvalue weighted by Gasteiger charge is 2.42. The zero-order valence-electron chi connectivity index (χ0n) is 22.4. The van der Waals surface area contributed by atoms with Gasteiger partial charge in [0.15, 0.2) is 0 Å². The second-order valence-corrected chi connectivity index (χ2v) is 18.2. The molecule has 0 fully saturated rings. The van der Waals surface area contributed by atoms with Gasteiger partial charge in [-0.05, 0) is 43.3 Å². The molecule has 0 unspecified atom stereocenters. The van der Waals surface area contributed by atoms with Crippen LogP contribution in [-0.2, 0) is 0 Å². The van der Waals surface area contributed by atoms with E-state index in [1.54, 1.807) is 12.1 Å². The maximum atomic E-state index is 13.1. The van der Waals surface area contributed by atoms with E-state index in [4.69, 9.17) is 0 Å². The summed E-state index contributed by atoms with van der Waals surface area (Å²) in [5, 5.41) is 26.6. The SMILES string of the molecule is C[Si](c1ccccc1)(c1ccccc1)c1cc(C(=O)O)c([Si](C)(c2ccccc2)c2ccccc2)cc1C(=O)O. The van der Waals surface area contributed by atoms with Crippen molar-refractivity contribution < 1.29 is 19.8 Å². The van der Waals surface area contributed by atoms with Crippen LogP contribution in [0.15, 0.2) is 133 Å². The third-order valence-electron chi connectivity index (χ3n) is 8.10. The molecule has 6 heteroatoms. The molecule has 5 rings (SSSR count). The van der Waals surface area contributed by atoms with Crippen molar-refractivity contribution in [2.75, 3.05) is 0 Å². The van der Waals surface area contributed by atoms with Gasteiger partial charge in [0.2, 0.25) is 0 Å². The summed E-state index contributed by atoms with van der Waals surface area (Å²) in [4.78, 5) is 26.1. The lowest BCUT2D eigenvalue weighted by Crippen LogP contribution is -2.69. The highest BCUT2D eigenvalue weighted by atomic mass is 28.3. The van der Waals surface area contributed by atoms with Crippen LogP contribution in [0, 0.1) is 0 Å². The normalized spacial score (nSPS) is 11.7. The molecule has 0 aliphatic carbocycles. The predicted octanol–water partition coefficient (Wildman–Crippen LogP) is 3.28. The highest BCUT2D eigenvalue weighted by molar-refractivity contribution is 7.12. The molecule has 40 heavy (non-hydrogen) atoms. The van der Waals surface area contributed by atoms with E-state index < -0.39 is 28.1 Å². The van der Waals surface area contributed by atoms with Crippen LogP contribution in [0.5, 0.6) is 0 Å². The van der Waals surface area contributed by atoms with Crippen molar-refractivity contribution in [1.82, 2.24) is 0 Å². The number of hydrogen-bond acceptors (Lipinski definition) is 2. The Hall–Kier alpha value is -4.53. The van der Waals surface area contributed by atoms with Crippen molar-refractivity contribution in [2.45, 2.75) is 13.1 Å². The number of benzene rings is 5. The summed E-state index contributed by atoms with van der Waals surface area (Å²) in [6.07, 6.45) is 0. The fourth-order valence-corrected chi connectivity index (χ4v) is 13.5. The lowest BCUT2D eigenvalue weighted by molar-refractivity contribution is 0.0683. The number of carbonyl (C=O) groups is 2. The van der Waals surface area contributed by atoms with Crippen molar-refractivity contribution in [3.05, 3.63) is 145 Å². The third-order valence-corrected chi connectivity index (χ3v) is 17.0. The summed E-state index contributed by atoms with van der Waals surface area (Å²) in [7, 11) is -5.86. The molecule has 0 saturated heterocycles. The van der Waals surface area contributed by atoms with E-state index in [2.05, 4.69) is 13.1 Å². The fourth-order valence-electron chi connectivity index (χ4n) is 5.82. The first-order chi connectivity index (χ1) is 19.3. The minimum Gasteiger partial charge on any atom is -0.478 e. The largest absolute Gasteiger partial charge is 0.478 e. The molecule has 4 nitrogen and oxygen atoms in total. The summed E-state index contributed by atoms with van der Waals surface area (Å²) in [5.74, 6) is -2.12. The minimum atomic E-state index is -2.93. The second-order valence-electron chi connectivity index (χ2n) is 10.3. The van der Waals surface area contributed by atoms with Crippen molar-refractivity contribution >= 4 is 59.2 Å². The molecule has 198 valence electrons. The molecule has 0 aliphatic heterocycles. The summed E-state index contributed by atoms with van der Waals surface area (Å²) < 4.78 is 0. The molecule has 0 spiro atoms. The van der Waals surface area contributed by atoms with Gasteiger partial charge in [0.05, 0.1) is 11.1 Å². The zero-order chi connectivity index (χ0) is 28.3. The second kappa shape index (κ2) is 10.9. The molecular formula is C34H30O4Si2. The number of rotatable bonds is 8. The number of carboxylic acid groups (broad SMARTS) is 2. The smallest absolute Gasteiger partial charge is 0.335 e. The van der Waals surface area contributed by atoms with E-state index in [0.29, 0.717) is 10.4 Å². The lowest BCUT2D eigenvalue weighted by Gasteiger charge is -2.34. The molecule has 0 aromatic heterocycles. The summed E-state index contributed by atoms with van der Waals surface area (Å²) >= 11 is 0. The zero-order valence-corrected chi connectivity index (χ0v) is 24.4. The fraction of sp³-hybridized carbons (Fsp3) is 0.0588. The van der Waals surface area contributed by atoms with Gasteiger partial charge in [-0.3, -0.25) is 0 Å². The van der Waals surface area contributed by atoms with E-state index in [1.807, 2.05) is 121 Å². The van der Waals surface area contributed by atoms with Crippen LogP contribution < -0.4 is 31.1 Å². The van der Waals surface area contributed by atoms with Gasteiger partial charge in [0, 0.05) is 0 Å². The molecule has 0 saturated carbocycles. The van der Waals surface area contributed by atoms with E-state index in [1.165, 1.54) is 0 Å². The van der Waals surface area contributed by atoms with E-state index in [0.717, 1.165) is 20.7 Å². The van der Waals surface area contributed by atoms with E-state index in [-0.39, 0.29) is 11.1 Å². The topological polar surface area (TPSA) is 74.6 Å². The Labute approximate surface area is 236 Å². The molecule has 0 radical (unpaired) electrons. The Morgan fingerprint density at radius 2 is 0.675 bits per heavy atom. The first kappa shape index (κ1) is 27.1. The van der Waals surface area contributed by atoms with Gasteiger partial charge in [-0.15, -0.1) is 0 Å². The molecule has 0 heterocycles. The van der Waals surface area contributed by atoms with Crippen molar-refractivity contribution in [2.24, 2.45) is 0 Å². The molecule has 5 aromatic rings.